The zero-order chi connectivity index (χ0) is 37.3. The van der Waals surface area contributed by atoms with Crippen molar-refractivity contribution >= 4 is 21.4 Å². The minimum atomic E-state index is -3.23. The van der Waals surface area contributed by atoms with Crippen LogP contribution in [0.3, 0.4) is 0 Å². The second-order valence-electron chi connectivity index (χ2n) is 14.6. The summed E-state index contributed by atoms with van der Waals surface area (Å²) in [6, 6.07) is 0. The van der Waals surface area contributed by atoms with Crippen molar-refractivity contribution < 1.29 is 27.5 Å². The molecule has 0 spiro atoms. The van der Waals surface area contributed by atoms with Crippen LogP contribution < -0.4 is 0 Å². The number of hydrogen-bond donors (Lipinski definition) is 0. The van der Waals surface area contributed by atoms with Crippen LogP contribution in [0.2, 0.25) is 0 Å². The van der Waals surface area contributed by atoms with Crippen LogP contribution in [0.15, 0.2) is 48.6 Å². The van der Waals surface area contributed by atoms with Crippen LogP contribution in [-0.2, 0) is 28.9 Å². The third-order valence-corrected chi connectivity index (χ3v) is 10.6. The van der Waals surface area contributed by atoms with Gasteiger partial charge in [0, 0.05) is 25.0 Å². The minimum absolute atomic E-state index is 0.0520. The summed E-state index contributed by atoms with van der Waals surface area (Å²) < 4.78 is 35.8. The summed E-state index contributed by atoms with van der Waals surface area (Å²) in [5.74, 6) is -0.609. The molecule has 0 aliphatic carbocycles. The van der Waals surface area contributed by atoms with E-state index >= 15 is 0 Å². The largest absolute Gasteiger partial charge is 0.346 e. The number of unbranched alkanes of at least 4 members (excludes halogenated alkanes) is 16. The average Bonchev–Trinajstić information content (AvgIpc) is 3.11. The van der Waals surface area contributed by atoms with Gasteiger partial charge in [0.05, 0.1) is 18.5 Å². The molecule has 6 nitrogen and oxygen atoms in total. The van der Waals surface area contributed by atoms with Crippen molar-refractivity contribution in [1.82, 2.24) is 0 Å². The normalized spacial score (nSPS) is 17.8. The molecule has 0 aromatic heterocycles. The summed E-state index contributed by atoms with van der Waals surface area (Å²) in [6.07, 6.45) is 44.2. The first kappa shape index (κ1) is 47.2. The van der Waals surface area contributed by atoms with Crippen molar-refractivity contribution in [3.05, 3.63) is 48.6 Å². The van der Waals surface area contributed by atoms with E-state index in [1.54, 1.807) is 0 Å². The molecule has 51 heavy (non-hydrogen) atoms. The number of sulfone groups is 1. The number of Topliss-reactive ketones (excluding diaryl/α,β-unsaturated/α-hetero) is 2. The number of rotatable bonds is 34. The number of hydrogen-bond acceptors (Lipinski definition) is 6. The fraction of sp³-hybridized carbons (Fsp3) is 0.773. The second kappa shape index (κ2) is 32.8. The van der Waals surface area contributed by atoms with Gasteiger partial charge in [-0.05, 0) is 89.9 Å². The molecule has 1 rings (SSSR count). The number of ketones is 2. The molecule has 0 N–H and O–H groups in total. The molecule has 0 aromatic carbocycles. The van der Waals surface area contributed by atoms with Gasteiger partial charge in [-0.3, -0.25) is 9.59 Å². The van der Waals surface area contributed by atoms with Gasteiger partial charge in [-0.2, -0.15) is 0 Å². The highest BCUT2D eigenvalue weighted by Crippen LogP contribution is 2.27. The third-order valence-electron chi connectivity index (χ3n) is 9.64. The van der Waals surface area contributed by atoms with Gasteiger partial charge in [0.1, 0.15) is 15.6 Å². The number of allylic oxidation sites excluding steroid dienone is 8. The lowest BCUT2D eigenvalue weighted by Crippen LogP contribution is -2.43. The van der Waals surface area contributed by atoms with Gasteiger partial charge in [-0.15, -0.1) is 0 Å². The van der Waals surface area contributed by atoms with Crippen LogP contribution in [0.25, 0.3) is 0 Å². The van der Waals surface area contributed by atoms with Gasteiger partial charge in [-0.1, -0.05) is 127 Å². The molecule has 1 aliphatic rings. The SMILES string of the molecule is CCCCC/C=C\C/C=C\CCCCCCCC(=O)C1OCCC(C(CCS(C)(=O)=O)C(=O)CCCCCCC/C=C\C/C=C\CCCCC)O1. The second-order valence-corrected chi connectivity index (χ2v) is 16.8. The topological polar surface area (TPSA) is 86.7 Å². The van der Waals surface area contributed by atoms with Crippen LogP contribution in [0.4, 0.5) is 0 Å². The highest BCUT2D eigenvalue weighted by Gasteiger charge is 2.36. The van der Waals surface area contributed by atoms with Gasteiger partial charge < -0.3 is 9.47 Å². The van der Waals surface area contributed by atoms with Gasteiger partial charge in [-0.25, -0.2) is 8.42 Å². The van der Waals surface area contributed by atoms with E-state index < -0.39 is 28.1 Å². The maximum absolute atomic E-state index is 13.4. The van der Waals surface area contributed by atoms with E-state index in [1.165, 1.54) is 64.0 Å². The Kier molecular flexibility index (Phi) is 30.3. The molecule has 0 amide bonds. The smallest absolute Gasteiger partial charge is 0.218 e. The predicted molar refractivity (Wildman–Crippen MR) is 216 cm³/mol. The molecule has 1 fully saturated rings. The molecule has 294 valence electrons. The maximum atomic E-state index is 13.4. The predicted octanol–water partition coefficient (Wildman–Crippen LogP) is 11.9. The first-order chi connectivity index (χ1) is 24.8. The fourth-order valence-corrected chi connectivity index (χ4v) is 7.12. The fourth-order valence-electron chi connectivity index (χ4n) is 6.44. The maximum Gasteiger partial charge on any atom is 0.218 e. The summed E-state index contributed by atoms with van der Waals surface area (Å²) in [5.41, 5.74) is 0. The quantitative estimate of drug-likeness (QED) is 0.0483. The van der Waals surface area contributed by atoms with E-state index in [1.807, 2.05) is 0 Å². The van der Waals surface area contributed by atoms with E-state index in [9.17, 15) is 18.0 Å². The van der Waals surface area contributed by atoms with E-state index in [0.717, 1.165) is 83.5 Å². The van der Waals surface area contributed by atoms with Crippen molar-refractivity contribution in [1.29, 1.82) is 0 Å². The zero-order valence-electron chi connectivity index (χ0n) is 33.0. The molecule has 0 aromatic rings. The summed E-state index contributed by atoms with van der Waals surface area (Å²) in [5, 5.41) is 0. The monoisotopic (exact) mass is 733 g/mol. The standard InChI is InChI=1S/C44H76O6S/c1-4-6-8-10-12-14-16-18-20-22-24-26-28-30-32-34-41(45)40(37-39-51(3,47)48)43-36-38-49-44(50-43)42(46)35-33-31-29-27-25-23-21-19-17-15-13-11-9-7-5-2/h12-15,18-21,40,43-44H,4-11,16-17,22-39H2,1-3H3/b14-12-,15-13-,20-18-,21-19-. The van der Waals surface area contributed by atoms with Crippen molar-refractivity contribution in [2.45, 2.75) is 193 Å². The van der Waals surface area contributed by atoms with E-state index in [-0.39, 0.29) is 23.7 Å². The third kappa shape index (κ3) is 28.4. The van der Waals surface area contributed by atoms with Crippen molar-refractivity contribution in [2.75, 3.05) is 18.6 Å². The Bertz CT molecular complexity index is 1090. The molecule has 0 radical (unpaired) electrons. The Morgan fingerprint density at radius 2 is 1.08 bits per heavy atom. The van der Waals surface area contributed by atoms with Gasteiger partial charge in [0.2, 0.25) is 6.29 Å². The summed E-state index contributed by atoms with van der Waals surface area (Å²) >= 11 is 0. The summed E-state index contributed by atoms with van der Waals surface area (Å²) in [6.45, 7) is 4.81. The number of ether oxygens (including phenoxy) is 2. The number of carbonyl (C=O) groups is 2. The Morgan fingerprint density at radius 1 is 0.627 bits per heavy atom. The lowest BCUT2D eigenvalue weighted by molar-refractivity contribution is -0.220. The molecule has 1 heterocycles. The van der Waals surface area contributed by atoms with E-state index in [0.29, 0.717) is 25.9 Å². The van der Waals surface area contributed by atoms with Gasteiger partial charge in [0.15, 0.2) is 5.78 Å². The Balaban J connectivity index is 2.32. The molecular weight excluding hydrogens is 657 g/mol. The van der Waals surface area contributed by atoms with Gasteiger partial charge in [0.25, 0.3) is 0 Å². The van der Waals surface area contributed by atoms with Crippen LogP contribution in [0.5, 0.6) is 0 Å². The van der Waals surface area contributed by atoms with Crippen molar-refractivity contribution in [3.8, 4) is 0 Å². The molecule has 0 bridgehead atoms. The Labute approximate surface area is 314 Å². The molecule has 0 saturated carbocycles. The summed E-state index contributed by atoms with van der Waals surface area (Å²) in [4.78, 5) is 26.3. The molecule has 1 aliphatic heterocycles. The average molecular weight is 733 g/mol. The van der Waals surface area contributed by atoms with E-state index in [2.05, 4.69) is 62.5 Å². The Hall–Kier alpha value is -1.83. The lowest BCUT2D eigenvalue weighted by atomic mass is 9.89. The summed E-state index contributed by atoms with van der Waals surface area (Å²) in [7, 11) is -3.23. The first-order valence-corrected chi connectivity index (χ1v) is 22.9. The molecule has 7 heteroatoms. The van der Waals surface area contributed by atoms with Crippen LogP contribution in [-0.4, -0.2) is 51.0 Å². The highest BCUT2D eigenvalue weighted by molar-refractivity contribution is 7.90. The van der Waals surface area contributed by atoms with Crippen molar-refractivity contribution in [3.63, 3.8) is 0 Å². The molecule has 3 unspecified atom stereocenters. The Morgan fingerprint density at radius 3 is 1.57 bits per heavy atom. The molecular formula is C44H76O6S. The lowest BCUT2D eigenvalue weighted by Gasteiger charge is -2.34. The molecule has 1 saturated heterocycles. The molecule has 3 atom stereocenters. The van der Waals surface area contributed by atoms with E-state index in [4.69, 9.17) is 9.47 Å². The minimum Gasteiger partial charge on any atom is -0.346 e. The zero-order valence-corrected chi connectivity index (χ0v) is 33.8. The van der Waals surface area contributed by atoms with Crippen molar-refractivity contribution in [2.24, 2.45) is 5.92 Å². The highest BCUT2D eigenvalue weighted by atomic mass is 32.2. The number of carbonyl (C=O) groups excluding carboxylic acids is 2. The van der Waals surface area contributed by atoms with Crippen LogP contribution in [0, 0.1) is 5.92 Å². The van der Waals surface area contributed by atoms with Gasteiger partial charge >= 0.3 is 0 Å². The first-order valence-electron chi connectivity index (χ1n) is 20.9. The van der Waals surface area contributed by atoms with Crippen LogP contribution in [0.1, 0.15) is 181 Å². The van der Waals surface area contributed by atoms with Crippen LogP contribution >= 0.6 is 0 Å².